The molecule has 0 radical (unpaired) electrons. The molecule has 0 unspecified atom stereocenters. The number of methoxy groups -OCH3 is 2. The van der Waals surface area contributed by atoms with E-state index in [0.29, 0.717) is 13.0 Å². The number of hydrogen-bond donors (Lipinski definition) is 1. The third-order valence-electron chi connectivity index (χ3n) is 7.33. The maximum atomic E-state index is 13.5. The molecule has 1 aliphatic heterocycles. The van der Waals surface area contributed by atoms with Crippen molar-refractivity contribution in [2.75, 3.05) is 20.8 Å². The minimum atomic E-state index is -0.185. The van der Waals surface area contributed by atoms with Crippen LogP contribution in [0.15, 0.2) is 42.5 Å². The van der Waals surface area contributed by atoms with Crippen molar-refractivity contribution < 1.29 is 14.3 Å². The van der Waals surface area contributed by atoms with Crippen LogP contribution in [0.1, 0.15) is 87.6 Å². The van der Waals surface area contributed by atoms with Gasteiger partial charge in [0, 0.05) is 35.1 Å². The van der Waals surface area contributed by atoms with Gasteiger partial charge in [-0.25, -0.2) is 0 Å². The summed E-state index contributed by atoms with van der Waals surface area (Å²) < 4.78 is 11.2. The van der Waals surface area contributed by atoms with Gasteiger partial charge in [0.05, 0.1) is 14.2 Å². The molecule has 35 heavy (non-hydrogen) atoms. The summed E-state index contributed by atoms with van der Waals surface area (Å²) in [6.45, 7) is 2.95. The number of carbonyl (C=O) groups is 1. The minimum absolute atomic E-state index is 0.185. The number of H-pyrrole nitrogens is 1. The van der Waals surface area contributed by atoms with Crippen LogP contribution in [-0.2, 0) is 11.2 Å². The number of nitrogens with zero attached hydrogens (tertiary/aromatic N) is 1. The van der Waals surface area contributed by atoms with Crippen molar-refractivity contribution in [3.63, 3.8) is 0 Å². The van der Waals surface area contributed by atoms with Crippen LogP contribution in [0.3, 0.4) is 0 Å². The van der Waals surface area contributed by atoms with Crippen molar-refractivity contribution in [1.29, 1.82) is 0 Å². The molecule has 0 bridgehead atoms. The van der Waals surface area contributed by atoms with E-state index in [4.69, 9.17) is 9.47 Å². The first-order valence-electron chi connectivity index (χ1n) is 13.3. The lowest BCUT2D eigenvalue weighted by molar-refractivity contribution is -0.133. The highest BCUT2D eigenvalue weighted by atomic mass is 16.5. The van der Waals surface area contributed by atoms with E-state index in [0.717, 1.165) is 47.5 Å². The summed E-state index contributed by atoms with van der Waals surface area (Å²) in [5.41, 5.74) is 4.46. The number of unbranched alkanes of at least 4 members (excludes halogenated alkanes) is 7. The lowest BCUT2D eigenvalue weighted by Crippen LogP contribution is -2.40. The Labute approximate surface area is 209 Å². The predicted octanol–water partition coefficient (Wildman–Crippen LogP) is 7.19. The Hall–Kier alpha value is -2.95. The summed E-state index contributed by atoms with van der Waals surface area (Å²) >= 11 is 0. The number of benzene rings is 2. The van der Waals surface area contributed by atoms with Crippen molar-refractivity contribution in [3.05, 3.63) is 59.3 Å². The topological polar surface area (TPSA) is 54.6 Å². The van der Waals surface area contributed by atoms with Gasteiger partial charge in [-0.1, -0.05) is 70.1 Å². The zero-order valence-corrected chi connectivity index (χ0v) is 21.6. The van der Waals surface area contributed by atoms with E-state index >= 15 is 0 Å². The van der Waals surface area contributed by atoms with E-state index < -0.39 is 0 Å². The molecule has 5 nitrogen and oxygen atoms in total. The Morgan fingerprint density at radius 1 is 0.971 bits per heavy atom. The van der Waals surface area contributed by atoms with E-state index in [-0.39, 0.29) is 11.9 Å². The van der Waals surface area contributed by atoms with Crippen molar-refractivity contribution in [1.82, 2.24) is 9.88 Å². The van der Waals surface area contributed by atoms with Gasteiger partial charge in [0.2, 0.25) is 5.91 Å². The Morgan fingerprint density at radius 3 is 2.46 bits per heavy atom. The number of carbonyl (C=O) groups excluding carboxylic acids is 1. The summed E-state index contributed by atoms with van der Waals surface area (Å²) in [5.74, 6) is 1.89. The van der Waals surface area contributed by atoms with Gasteiger partial charge in [-0.15, -0.1) is 0 Å². The summed E-state index contributed by atoms with van der Waals surface area (Å²) in [6, 6.07) is 14.0. The molecule has 0 saturated heterocycles. The molecule has 1 atom stereocenters. The SMILES string of the molecule is CCCCCCCCCCC(=O)N1CCc2c([nH]c3ccc(OC)cc23)[C@H]1c1ccccc1OC. The van der Waals surface area contributed by atoms with E-state index in [9.17, 15) is 4.79 Å². The molecule has 0 spiro atoms. The minimum Gasteiger partial charge on any atom is -0.497 e. The quantitative estimate of drug-likeness (QED) is 0.281. The van der Waals surface area contributed by atoms with Crippen molar-refractivity contribution in [2.45, 2.75) is 77.2 Å². The molecule has 5 heteroatoms. The number of ether oxygens (including phenoxy) is 2. The van der Waals surface area contributed by atoms with E-state index in [1.807, 2.05) is 24.3 Å². The molecule has 3 aromatic rings. The Morgan fingerprint density at radius 2 is 1.71 bits per heavy atom. The maximum Gasteiger partial charge on any atom is 0.223 e. The molecule has 1 aromatic heterocycles. The van der Waals surface area contributed by atoms with Crippen molar-refractivity contribution >= 4 is 16.8 Å². The van der Waals surface area contributed by atoms with Gasteiger partial charge in [0.25, 0.3) is 0 Å². The smallest absolute Gasteiger partial charge is 0.223 e. The number of fused-ring (bicyclic) bond motifs is 3. The molecular formula is C30H40N2O3. The average Bonchev–Trinajstić information content (AvgIpc) is 3.27. The van der Waals surface area contributed by atoms with Crippen LogP contribution in [0, 0.1) is 0 Å². The first kappa shape index (κ1) is 25.2. The average molecular weight is 477 g/mol. The number of para-hydroxylation sites is 1. The molecule has 1 amide bonds. The second-order valence-corrected chi connectivity index (χ2v) is 9.64. The Bertz CT molecular complexity index is 1120. The summed E-state index contributed by atoms with van der Waals surface area (Å²) in [7, 11) is 3.40. The molecule has 0 saturated carbocycles. The normalized spacial score (nSPS) is 15.3. The van der Waals surface area contributed by atoms with Crippen molar-refractivity contribution in [2.24, 2.45) is 0 Å². The number of aromatic nitrogens is 1. The fourth-order valence-corrected chi connectivity index (χ4v) is 5.43. The lowest BCUT2D eigenvalue weighted by Gasteiger charge is -2.37. The van der Waals surface area contributed by atoms with Crippen LogP contribution in [0.4, 0.5) is 0 Å². The number of hydrogen-bond acceptors (Lipinski definition) is 3. The van der Waals surface area contributed by atoms with Crippen molar-refractivity contribution in [3.8, 4) is 11.5 Å². The molecule has 1 N–H and O–H groups in total. The Balaban J connectivity index is 1.55. The highest BCUT2D eigenvalue weighted by Gasteiger charge is 2.35. The largest absolute Gasteiger partial charge is 0.497 e. The molecule has 0 aliphatic carbocycles. The third-order valence-corrected chi connectivity index (χ3v) is 7.33. The van der Waals surface area contributed by atoms with Gasteiger partial charge in [-0.05, 0) is 42.7 Å². The van der Waals surface area contributed by atoms with Crippen LogP contribution in [-0.4, -0.2) is 36.6 Å². The first-order valence-corrected chi connectivity index (χ1v) is 13.3. The zero-order valence-electron chi connectivity index (χ0n) is 21.6. The summed E-state index contributed by atoms with van der Waals surface area (Å²) in [6.07, 6.45) is 11.3. The van der Waals surface area contributed by atoms with E-state index in [1.165, 1.54) is 49.5 Å². The van der Waals surface area contributed by atoms with Gasteiger partial charge in [-0.2, -0.15) is 0 Å². The zero-order chi connectivity index (χ0) is 24.6. The fraction of sp³-hybridized carbons (Fsp3) is 0.500. The lowest BCUT2D eigenvalue weighted by atomic mass is 9.91. The van der Waals surface area contributed by atoms with Crippen LogP contribution in [0.2, 0.25) is 0 Å². The molecule has 4 rings (SSSR count). The second kappa shape index (κ2) is 12.1. The number of aromatic amines is 1. The van der Waals surface area contributed by atoms with Crippen LogP contribution in [0.25, 0.3) is 10.9 Å². The molecule has 2 heterocycles. The number of rotatable bonds is 12. The summed E-state index contributed by atoms with van der Waals surface area (Å²) in [5, 5.41) is 1.18. The maximum absolute atomic E-state index is 13.5. The monoisotopic (exact) mass is 476 g/mol. The molecular weight excluding hydrogens is 436 g/mol. The second-order valence-electron chi connectivity index (χ2n) is 9.64. The van der Waals surface area contributed by atoms with Crippen LogP contribution in [0.5, 0.6) is 11.5 Å². The molecule has 2 aromatic carbocycles. The Kier molecular flexibility index (Phi) is 8.73. The molecule has 1 aliphatic rings. The van der Waals surface area contributed by atoms with Gasteiger partial charge in [0.1, 0.15) is 17.5 Å². The number of amides is 1. The molecule has 188 valence electrons. The standard InChI is InChI=1S/C30H40N2O3/c1-4-5-6-7-8-9-10-11-16-28(33)32-20-19-23-25-21-22(34-2)17-18-26(25)31-29(23)30(32)24-14-12-13-15-27(24)35-3/h12-15,17-18,21,30-31H,4-11,16,19-20H2,1-3H3/t30-/m1/s1. The van der Waals surface area contributed by atoms with Crippen LogP contribution >= 0.6 is 0 Å². The fourth-order valence-electron chi connectivity index (χ4n) is 5.43. The third kappa shape index (κ3) is 5.66. The highest BCUT2D eigenvalue weighted by molar-refractivity contribution is 5.88. The van der Waals surface area contributed by atoms with Gasteiger partial charge >= 0.3 is 0 Å². The van der Waals surface area contributed by atoms with Gasteiger partial charge < -0.3 is 19.4 Å². The van der Waals surface area contributed by atoms with Crippen LogP contribution < -0.4 is 9.47 Å². The van der Waals surface area contributed by atoms with E-state index in [1.54, 1.807) is 14.2 Å². The molecule has 0 fully saturated rings. The van der Waals surface area contributed by atoms with E-state index in [2.05, 4.69) is 35.0 Å². The summed E-state index contributed by atoms with van der Waals surface area (Å²) in [4.78, 5) is 19.2. The predicted molar refractivity (Wildman–Crippen MR) is 142 cm³/mol. The van der Waals surface area contributed by atoms with Gasteiger partial charge in [0.15, 0.2) is 0 Å². The van der Waals surface area contributed by atoms with Gasteiger partial charge in [-0.3, -0.25) is 4.79 Å². The first-order chi connectivity index (χ1) is 17.2. The number of nitrogens with one attached hydrogen (secondary N) is 1. The highest BCUT2D eigenvalue weighted by Crippen LogP contribution is 2.42.